The second-order valence-corrected chi connectivity index (χ2v) is 4.79. The topological polar surface area (TPSA) is 54.0 Å². The predicted molar refractivity (Wildman–Crippen MR) is 79.1 cm³/mol. The molecule has 0 bridgehead atoms. The Bertz CT molecular complexity index is 545. The summed E-state index contributed by atoms with van der Waals surface area (Å²) in [5.41, 5.74) is 1.17. The number of nitrogens with zero attached hydrogens (tertiary/aromatic N) is 1. The van der Waals surface area contributed by atoms with Crippen molar-refractivity contribution < 1.29 is 4.79 Å². The predicted octanol–water partition coefficient (Wildman–Crippen LogP) is 3.21. The maximum atomic E-state index is 11.6. The SMILES string of the molecule is O=C(NCCc1ccccc1Br)Nc1ccccn1. The number of urea groups is 1. The van der Waals surface area contributed by atoms with Gasteiger partial charge in [0, 0.05) is 17.2 Å². The molecule has 4 nitrogen and oxygen atoms in total. The van der Waals surface area contributed by atoms with Crippen LogP contribution in [0.1, 0.15) is 5.56 Å². The molecule has 0 aliphatic rings. The molecule has 5 heteroatoms. The molecule has 0 saturated heterocycles. The number of nitrogens with one attached hydrogen (secondary N) is 2. The number of hydrogen-bond donors (Lipinski definition) is 2. The van der Waals surface area contributed by atoms with Crippen molar-refractivity contribution in [3.63, 3.8) is 0 Å². The average molecular weight is 320 g/mol. The van der Waals surface area contributed by atoms with Crippen LogP contribution in [-0.4, -0.2) is 17.6 Å². The Hall–Kier alpha value is -1.88. The molecule has 0 radical (unpaired) electrons. The maximum Gasteiger partial charge on any atom is 0.320 e. The molecule has 2 rings (SSSR count). The summed E-state index contributed by atoms with van der Waals surface area (Å²) < 4.78 is 1.06. The molecule has 2 N–H and O–H groups in total. The van der Waals surface area contributed by atoms with Gasteiger partial charge in [0.15, 0.2) is 0 Å². The van der Waals surface area contributed by atoms with Crippen molar-refractivity contribution in [3.05, 3.63) is 58.7 Å². The summed E-state index contributed by atoms with van der Waals surface area (Å²) in [6.07, 6.45) is 2.41. The summed E-state index contributed by atoms with van der Waals surface area (Å²) in [6.45, 7) is 0.571. The highest BCUT2D eigenvalue weighted by Crippen LogP contribution is 2.15. The lowest BCUT2D eigenvalue weighted by atomic mass is 10.1. The van der Waals surface area contributed by atoms with E-state index in [-0.39, 0.29) is 6.03 Å². The van der Waals surface area contributed by atoms with Crippen LogP contribution in [0.2, 0.25) is 0 Å². The van der Waals surface area contributed by atoms with Crippen LogP contribution in [0.15, 0.2) is 53.1 Å². The van der Waals surface area contributed by atoms with Crippen LogP contribution in [0, 0.1) is 0 Å². The molecule has 0 aliphatic heterocycles. The van der Waals surface area contributed by atoms with E-state index in [9.17, 15) is 4.79 Å². The highest BCUT2D eigenvalue weighted by atomic mass is 79.9. The number of rotatable bonds is 4. The molecular formula is C14H14BrN3O. The van der Waals surface area contributed by atoms with Gasteiger partial charge in [-0.3, -0.25) is 5.32 Å². The van der Waals surface area contributed by atoms with Gasteiger partial charge in [0.2, 0.25) is 0 Å². The van der Waals surface area contributed by atoms with E-state index in [1.54, 1.807) is 18.3 Å². The van der Waals surface area contributed by atoms with Crippen LogP contribution >= 0.6 is 15.9 Å². The molecule has 19 heavy (non-hydrogen) atoms. The van der Waals surface area contributed by atoms with Crippen molar-refractivity contribution in [1.29, 1.82) is 0 Å². The molecule has 0 saturated carbocycles. The third-order valence-corrected chi connectivity index (χ3v) is 3.32. The van der Waals surface area contributed by atoms with Gasteiger partial charge in [0.1, 0.15) is 5.82 Å². The number of halogens is 1. The molecule has 1 aromatic carbocycles. The first-order chi connectivity index (χ1) is 9.25. The van der Waals surface area contributed by atoms with Gasteiger partial charge in [-0.15, -0.1) is 0 Å². The fourth-order valence-electron chi connectivity index (χ4n) is 1.61. The van der Waals surface area contributed by atoms with E-state index in [0.717, 1.165) is 10.9 Å². The van der Waals surface area contributed by atoms with E-state index in [4.69, 9.17) is 0 Å². The summed E-state index contributed by atoms with van der Waals surface area (Å²) in [7, 11) is 0. The summed E-state index contributed by atoms with van der Waals surface area (Å²) in [4.78, 5) is 15.6. The molecule has 0 unspecified atom stereocenters. The Labute approximate surface area is 120 Å². The average Bonchev–Trinajstić information content (AvgIpc) is 2.42. The van der Waals surface area contributed by atoms with Crippen molar-refractivity contribution >= 4 is 27.8 Å². The fraction of sp³-hybridized carbons (Fsp3) is 0.143. The summed E-state index contributed by atoms with van der Waals surface area (Å²) in [5, 5.41) is 5.47. The Morgan fingerprint density at radius 1 is 1.16 bits per heavy atom. The van der Waals surface area contributed by atoms with Crippen LogP contribution in [0.3, 0.4) is 0 Å². The van der Waals surface area contributed by atoms with Crippen molar-refractivity contribution in [1.82, 2.24) is 10.3 Å². The molecule has 0 atom stereocenters. The van der Waals surface area contributed by atoms with E-state index in [1.807, 2.05) is 30.3 Å². The number of carbonyl (C=O) groups is 1. The van der Waals surface area contributed by atoms with Gasteiger partial charge < -0.3 is 5.32 Å². The lowest BCUT2D eigenvalue weighted by Crippen LogP contribution is -2.30. The number of hydrogen-bond acceptors (Lipinski definition) is 2. The van der Waals surface area contributed by atoms with Crippen LogP contribution < -0.4 is 10.6 Å². The number of anilines is 1. The number of pyridine rings is 1. The molecule has 1 heterocycles. The van der Waals surface area contributed by atoms with E-state index >= 15 is 0 Å². The lowest BCUT2D eigenvalue weighted by Gasteiger charge is -2.07. The van der Waals surface area contributed by atoms with E-state index in [1.165, 1.54) is 5.56 Å². The standard InChI is InChI=1S/C14H14BrN3O/c15-12-6-2-1-5-11(12)8-10-17-14(19)18-13-7-3-4-9-16-13/h1-7,9H,8,10H2,(H2,16,17,18,19). The van der Waals surface area contributed by atoms with Gasteiger partial charge in [-0.05, 0) is 30.2 Å². The van der Waals surface area contributed by atoms with Crippen LogP contribution in [0.25, 0.3) is 0 Å². The zero-order chi connectivity index (χ0) is 13.5. The molecular weight excluding hydrogens is 306 g/mol. The van der Waals surface area contributed by atoms with Crippen molar-refractivity contribution in [3.8, 4) is 0 Å². The number of benzene rings is 1. The largest absolute Gasteiger partial charge is 0.337 e. The van der Waals surface area contributed by atoms with Gasteiger partial charge in [0.05, 0.1) is 0 Å². The number of carbonyl (C=O) groups excluding carboxylic acids is 1. The van der Waals surface area contributed by atoms with Crippen LogP contribution in [0.4, 0.5) is 10.6 Å². The van der Waals surface area contributed by atoms with E-state index < -0.39 is 0 Å². The van der Waals surface area contributed by atoms with Crippen molar-refractivity contribution in [2.75, 3.05) is 11.9 Å². The summed E-state index contributed by atoms with van der Waals surface area (Å²) in [6, 6.07) is 13.1. The third kappa shape index (κ3) is 4.37. The Morgan fingerprint density at radius 2 is 1.95 bits per heavy atom. The molecule has 2 amide bonds. The van der Waals surface area contributed by atoms with Gasteiger partial charge in [0.25, 0.3) is 0 Å². The zero-order valence-corrected chi connectivity index (χ0v) is 11.9. The van der Waals surface area contributed by atoms with Crippen molar-refractivity contribution in [2.24, 2.45) is 0 Å². The molecule has 0 spiro atoms. The molecule has 0 fully saturated rings. The van der Waals surface area contributed by atoms with Gasteiger partial charge in [-0.2, -0.15) is 0 Å². The molecule has 2 aromatic rings. The van der Waals surface area contributed by atoms with Crippen LogP contribution in [-0.2, 0) is 6.42 Å². The first-order valence-corrected chi connectivity index (χ1v) is 6.74. The van der Waals surface area contributed by atoms with Crippen molar-refractivity contribution in [2.45, 2.75) is 6.42 Å². The smallest absolute Gasteiger partial charge is 0.320 e. The normalized spacial score (nSPS) is 9.95. The zero-order valence-electron chi connectivity index (χ0n) is 10.3. The highest BCUT2D eigenvalue weighted by molar-refractivity contribution is 9.10. The summed E-state index contributed by atoms with van der Waals surface area (Å²) >= 11 is 3.48. The minimum atomic E-state index is -0.245. The Morgan fingerprint density at radius 3 is 2.68 bits per heavy atom. The van der Waals surface area contributed by atoms with Crippen LogP contribution in [0.5, 0.6) is 0 Å². The minimum Gasteiger partial charge on any atom is -0.337 e. The Balaban J connectivity index is 1.77. The van der Waals surface area contributed by atoms with Gasteiger partial charge in [-0.25, -0.2) is 9.78 Å². The second-order valence-electron chi connectivity index (χ2n) is 3.94. The summed E-state index contributed by atoms with van der Waals surface area (Å²) in [5.74, 6) is 0.542. The molecule has 98 valence electrons. The number of aromatic nitrogens is 1. The molecule has 1 aromatic heterocycles. The maximum absolute atomic E-state index is 11.6. The third-order valence-electron chi connectivity index (χ3n) is 2.54. The highest BCUT2D eigenvalue weighted by Gasteiger charge is 2.02. The van der Waals surface area contributed by atoms with Gasteiger partial charge >= 0.3 is 6.03 Å². The second kappa shape index (κ2) is 6.89. The monoisotopic (exact) mass is 319 g/mol. The lowest BCUT2D eigenvalue weighted by molar-refractivity contribution is 0.252. The first-order valence-electron chi connectivity index (χ1n) is 5.95. The van der Waals surface area contributed by atoms with Gasteiger partial charge in [-0.1, -0.05) is 40.2 Å². The molecule has 0 aliphatic carbocycles. The minimum absolute atomic E-state index is 0.245. The Kier molecular flexibility index (Phi) is 4.92. The van der Waals surface area contributed by atoms with E-state index in [2.05, 4.69) is 31.5 Å². The number of amides is 2. The van der Waals surface area contributed by atoms with E-state index in [0.29, 0.717) is 12.4 Å². The fourth-order valence-corrected chi connectivity index (χ4v) is 2.09. The quantitative estimate of drug-likeness (QED) is 0.909. The first kappa shape index (κ1) is 13.5.